The lowest BCUT2D eigenvalue weighted by Crippen LogP contribution is -2.20. The molecule has 0 rings (SSSR count). The first-order valence-corrected chi connectivity index (χ1v) is 9.79. The molecule has 4 heteroatoms. The fraction of sp³-hybridized carbons (Fsp3) is 0.800. The van der Waals surface area contributed by atoms with E-state index in [1.807, 2.05) is 0 Å². The average molecular weight is 340 g/mol. The second-order valence-electron chi connectivity index (χ2n) is 6.38. The van der Waals surface area contributed by atoms with Gasteiger partial charge in [-0.2, -0.15) is 0 Å². The van der Waals surface area contributed by atoms with Gasteiger partial charge in [0.1, 0.15) is 0 Å². The van der Waals surface area contributed by atoms with Crippen molar-refractivity contribution in [1.82, 2.24) is 0 Å². The van der Waals surface area contributed by atoms with Gasteiger partial charge in [0.25, 0.3) is 0 Å². The summed E-state index contributed by atoms with van der Waals surface area (Å²) in [6.07, 6.45) is 20.8. The number of allylic oxidation sites excluding steroid dienone is 2. The van der Waals surface area contributed by atoms with Crippen molar-refractivity contribution in [1.29, 1.82) is 0 Å². The molecule has 140 valence electrons. The predicted molar refractivity (Wildman–Crippen MR) is 99.6 cm³/mol. The first-order chi connectivity index (χ1) is 11.7. The van der Waals surface area contributed by atoms with Crippen molar-refractivity contribution in [3.8, 4) is 0 Å². The Kier molecular flexibility index (Phi) is 17.3. The number of carbonyl (C=O) groups excluding carboxylic acids is 2. The molecule has 0 bridgehead atoms. The van der Waals surface area contributed by atoms with Crippen molar-refractivity contribution in [3.05, 3.63) is 12.2 Å². The van der Waals surface area contributed by atoms with Crippen LogP contribution in [0, 0.1) is 0 Å². The zero-order valence-electron chi connectivity index (χ0n) is 15.6. The summed E-state index contributed by atoms with van der Waals surface area (Å²) < 4.78 is 4.51. The SMILES string of the molecule is CCCCCCCCC=CCCCCCCCC(=O)OC(=O)CN. The lowest BCUT2D eigenvalue weighted by atomic mass is 10.1. The van der Waals surface area contributed by atoms with Crippen LogP contribution in [0.1, 0.15) is 96.8 Å². The van der Waals surface area contributed by atoms with Crippen molar-refractivity contribution < 1.29 is 14.3 Å². The maximum Gasteiger partial charge on any atom is 0.327 e. The van der Waals surface area contributed by atoms with Crippen LogP contribution in [0.2, 0.25) is 0 Å². The van der Waals surface area contributed by atoms with Crippen molar-refractivity contribution in [2.24, 2.45) is 5.73 Å². The van der Waals surface area contributed by atoms with Crippen LogP contribution in [0.3, 0.4) is 0 Å². The standard InChI is InChI=1S/C20H37NO3/c1-2-3-4-5-6-7-8-9-10-11-12-13-14-15-16-17-19(22)24-20(23)18-21/h9-10H,2-8,11-18,21H2,1H3. The van der Waals surface area contributed by atoms with Crippen LogP contribution in [-0.4, -0.2) is 18.5 Å². The van der Waals surface area contributed by atoms with Crippen molar-refractivity contribution in [2.45, 2.75) is 96.8 Å². The van der Waals surface area contributed by atoms with Crippen LogP contribution in [0.5, 0.6) is 0 Å². The monoisotopic (exact) mass is 339 g/mol. The van der Waals surface area contributed by atoms with Crippen LogP contribution in [0.4, 0.5) is 0 Å². The van der Waals surface area contributed by atoms with E-state index in [1.165, 1.54) is 57.8 Å². The Hall–Kier alpha value is -1.16. The quantitative estimate of drug-likeness (QED) is 0.185. The number of carbonyl (C=O) groups is 2. The number of nitrogens with two attached hydrogens (primary N) is 1. The average Bonchev–Trinajstić information content (AvgIpc) is 2.58. The third-order valence-corrected chi connectivity index (χ3v) is 4.04. The Morgan fingerprint density at radius 3 is 1.79 bits per heavy atom. The summed E-state index contributed by atoms with van der Waals surface area (Å²) in [5, 5.41) is 0. The third-order valence-electron chi connectivity index (χ3n) is 4.04. The first kappa shape index (κ1) is 22.8. The first-order valence-electron chi connectivity index (χ1n) is 9.79. The highest BCUT2D eigenvalue weighted by Crippen LogP contribution is 2.10. The molecule has 0 aliphatic rings. The molecular formula is C20H37NO3. The molecular weight excluding hydrogens is 302 g/mol. The van der Waals surface area contributed by atoms with Gasteiger partial charge >= 0.3 is 11.9 Å². The van der Waals surface area contributed by atoms with E-state index in [1.54, 1.807) is 0 Å². The van der Waals surface area contributed by atoms with E-state index >= 15 is 0 Å². The van der Waals surface area contributed by atoms with E-state index in [0.29, 0.717) is 6.42 Å². The van der Waals surface area contributed by atoms with Gasteiger partial charge in [0.15, 0.2) is 0 Å². The largest absolute Gasteiger partial charge is 0.392 e. The summed E-state index contributed by atoms with van der Waals surface area (Å²) in [5.74, 6) is -1.10. The van der Waals surface area contributed by atoms with Crippen LogP contribution in [-0.2, 0) is 14.3 Å². The molecule has 24 heavy (non-hydrogen) atoms. The number of hydrogen-bond donors (Lipinski definition) is 1. The zero-order chi connectivity index (χ0) is 17.9. The van der Waals surface area contributed by atoms with E-state index in [-0.39, 0.29) is 6.54 Å². The number of hydrogen-bond acceptors (Lipinski definition) is 4. The topological polar surface area (TPSA) is 69.4 Å². The highest BCUT2D eigenvalue weighted by Gasteiger charge is 2.07. The van der Waals surface area contributed by atoms with Gasteiger partial charge in [-0.15, -0.1) is 0 Å². The molecule has 0 saturated heterocycles. The lowest BCUT2D eigenvalue weighted by molar-refractivity contribution is -0.158. The Bertz CT molecular complexity index is 340. The minimum absolute atomic E-state index is 0.238. The molecule has 0 aromatic heterocycles. The Labute approximate surface area is 148 Å². The van der Waals surface area contributed by atoms with Crippen LogP contribution < -0.4 is 5.73 Å². The maximum atomic E-state index is 11.2. The molecule has 0 aromatic rings. The summed E-state index contributed by atoms with van der Waals surface area (Å²) in [5.41, 5.74) is 5.07. The van der Waals surface area contributed by atoms with Crippen LogP contribution >= 0.6 is 0 Å². The molecule has 0 amide bonds. The molecule has 0 radical (unpaired) electrons. The van der Waals surface area contributed by atoms with Crippen LogP contribution in [0.25, 0.3) is 0 Å². The minimum Gasteiger partial charge on any atom is -0.392 e. The molecule has 0 spiro atoms. The van der Waals surface area contributed by atoms with Gasteiger partial charge < -0.3 is 10.5 Å². The van der Waals surface area contributed by atoms with Gasteiger partial charge in [0.2, 0.25) is 0 Å². The van der Waals surface area contributed by atoms with Gasteiger partial charge in [-0.05, 0) is 32.1 Å². The summed E-state index contributed by atoms with van der Waals surface area (Å²) in [6.45, 7) is 2.01. The second kappa shape index (κ2) is 18.2. The summed E-state index contributed by atoms with van der Waals surface area (Å²) in [6, 6.07) is 0. The summed E-state index contributed by atoms with van der Waals surface area (Å²) in [7, 11) is 0. The molecule has 0 fully saturated rings. The molecule has 0 aliphatic heterocycles. The number of ether oxygens (including phenoxy) is 1. The highest BCUT2D eigenvalue weighted by atomic mass is 16.6. The number of rotatable bonds is 16. The summed E-state index contributed by atoms with van der Waals surface area (Å²) >= 11 is 0. The predicted octanol–water partition coefficient (Wildman–Crippen LogP) is 5.05. The normalized spacial score (nSPS) is 11.1. The molecule has 0 heterocycles. The highest BCUT2D eigenvalue weighted by molar-refractivity contribution is 5.86. The fourth-order valence-electron chi connectivity index (χ4n) is 2.56. The van der Waals surface area contributed by atoms with Crippen molar-refractivity contribution in [3.63, 3.8) is 0 Å². The van der Waals surface area contributed by atoms with E-state index in [0.717, 1.165) is 25.7 Å². The van der Waals surface area contributed by atoms with E-state index in [9.17, 15) is 9.59 Å². The zero-order valence-corrected chi connectivity index (χ0v) is 15.6. The molecule has 4 nitrogen and oxygen atoms in total. The summed E-state index contributed by atoms with van der Waals surface area (Å²) in [4.78, 5) is 22.0. The van der Waals surface area contributed by atoms with E-state index in [4.69, 9.17) is 5.73 Å². The lowest BCUT2D eigenvalue weighted by Gasteiger charge is -2.01. The minimum atomic E-state index is -0.646. The third kappa shape index (κ3) is 17.2. The Morgan fingerprint density at radius 2 is 1.25 bits per heavy atom. The van der Waals surface area contributed by atoms with E-state index in [2.05, 4.69) is 23.8 Å². The van der Waals surface area contributed by atoms with Gasteiger partial charge in [-0.25, -0.2) is 0 Å². The molecule has 0 aliphatic carbocycles. The smallest absolute Gasteiger partial charge is 0.327 e. The number of esters is 2. The van der Waals surface area contributed by atoms with Crippen LogP contribution in [0.15, 0.2) is 12.2 Å². The maximum absolute atomic E-state index is 11.2. The van der Waals surface area contributed by atoms with Gasteiger partial charge in [0.05, 0.1) is 6.54 Å². The molecule has 0 unspecified atom stereocenters. The molecule has 2 N–H and O–H groups in total. The van der Waals surface area contributed by atoms with Gasteiger partial charge in [0, 0.05) is 6.42 Å². The fourth-order valence-corrected chi connectivity index (χ4v) is 2.56. The van der Waals surface area contributed by atoms with Crippen molar-refractivity contribution >= 4 is 11.9 Å². The van der Waals surface area contributed by atoms with Crippen molar-refractivity contribution in [2.75, 3.05) is 6.54 Å². The molecule has 0 atom stereocenters. The molecule has 0 aromatic carbocycles. The van der Waals surface area contributed by atoms with Gasteiger partial charge in [-0.3, -0.25) is 9.59 Å². The van der Waals surface area contributed by atoms with Gasteiger partial charge in [-0.1, -0.05) is 70.4 Å². The Balaban J connectivity index is 3.23. The Morgan fingerprint density at radius 1 is 0.750 bits per heavy atom. The second-order valence-corrected chi connectivity index (χ2v) is 6.38. The number of unbranched alkanes of at least 4 members (excludes halogenated alkanes) is 11. The molecule has 0 saturated carbocycles. The van der Waals surface area contributed by atoms with E-state index < -0.39 is 11.9 Å².